The molecule has 2 aromatic rings. The molecule has 0 bridgehead atoms. The predicted molar refractivity (Wildman–Crippen MR) is 72.4 cm³/mol. The standard InChI is InChI=1S/C11H8Br2S/c1-7-3-2-4-9-8(5-10(12)13)6-14-11(7)9/h2-6H,1H3. The quantitative estimate of drug-likeness (QED) is 0.665. The zero-order valence-electron chi connectivity index (χ0n) is 7.55. The van der Waals surface area contributed by atoms with Crippen LogP contribution < -0.4 is 0 Å². The summed E-state index contributed by atoms with van der Waals surface area (Å²) in [5.41, 5.74) is 2.61. The maximum atomic E-state index is 3.38. The maximum absolute atomic E-state index is 3.38. The molecule has 0 radical (unpaired) electrons. The SMILES string of the molecule is Cc1cccc2c(C=C(Br)Br)csc12. The Morgan fingerprint density at radius 2 is 2.14 bits per heavy atom. The van der Waals surface area contributed by atoms with Crippen molar-refractivity contribution in [2.24, 2.45) is 0 Å². The van der Waals surface area contributed by atoms with Crippen LogP contribution in [0.1, 0.15) is 11.1 Å². The Morgan fingerprint density at radius 3 is 2.86 bits per heavy atom. The van der Waals surface area contributed by atoms with Gasteiger partial charge in [-0.2, -0.15) is 0 Å². The van der Waals surface area contributed by atoms with Crippen molar-refractivity contribution < 1.29 is 0 Å². The molecule has 2 rings (SSSR count). The smallest absolute Gasteiger partial charge is 0.0610 e. The van der Waals surface area contributed by atoms with E-state index in [1.54, 1.807) is 11.3 Å². The number of halogens is 2. The molecule has 1 aromatic carbocycles. The highest BCUT2D eigenvalue weighted by atomic mass is 79.9. The first-order valence-electron chi connectivity index (χ1n) is 4.18. The van der Waals surface area contributed by atoms with Gasteiger partial charge in [-0.05, 0) is 66.8 Å². The molecule has 3 heteroatoms. The van der Waals surface area contributed by atoms with Crippen LogP contribution in [0.25, 0.3) is 16.2 Å². The van der Waals surface area contributed by atoms with Crippen molar-refractivity contribution in [2.45, 2.75) is 6.92 Å². The molecule has 0 fully saturated rings. The second-order valence-corrected chi connectivity index (χ2v) is 6.73. The molecule has 0 aliphatic carbocycles. The van der Waals surface area contributed by atoms with Gasteiger partial charge < -0.3 is 0 Å². The Hall–Kier alpha value is -0.120. The molecule has 0 nitrogen and oxygen atoms in total. The van der Waals surface area contributed by atoms with Crippen LogP contribution in [0.15, 0.2) is 27.0 Å². The fourth-order valence-corrected chi connectivity index (χ4v) is 2.95. The van der Waals surface area contributed by atoms with Gasteiger partial charge in [0.25, 0.3) is 0 Å². The molecule has 0 saturated carbocycles. The van der Waals surface area contributed by atoms with Gasteiger partial charge in [0, 0.05) is 4.70 Å². The van der Waals surface area contributed by atoms with E-state index in [4.69, 9.17) is 0 Å². The van der Waals surface area contributed by atoms with E-state index in [0.29, 0.717) is 0 Å². The van der Waals surface area contributed by atoms with Crippen LogP contribution in [-0.2, 0) is 0 Å². The Balaban J connectivity index is 2.70. The first-order valence-corrected chi connectivity index (χ1v) is 6.64. The average Bonchev–Trinajstić information content (AvgIpc) is 2.49. The minimum atomic E-state index is 0.978. The van der Waals surface area contributed by atoms with Crippen LogP contribution in [0.5, 0.6) is 0 Å². The molecular weight excluding hydrogens is 324 g/mol. The molecule has 0 spiro atoms. The first kappa shape index (κ1) is 10.4. The summed E-state index contributed by atoms with van der Waals surface area (Å²) in [6, 6.07) is 6.41. The minimum Gasteiger partial charge on any atom is -0.143 e. The van der Waals surface area contributed by atoms with Gasteiger partial charge in [0.15, 0.2) is 0 Å². The van der Waals surface area contributed by atoms with Crippen LogP contribution in [-0.4, -0.2) is 0 Å². The van der Waals surface area contributed by atoms with Crippen LogP contribution in [0.2, 0.25) is 0 Å². The van der Waals surface area contributed by atoms with Gasteiger partial charge in [-0.25, -0.2) is 0 Å². The van der Waals surface area contributed by atoms with Gasteiger partial charge in [0.1, 0.15) is 0 Å². The fourth-order valence-electron chi connectivity index (χ4n) is 1.45. The van der Waals surface area contributed by atoms with Crippen molar-refractivity contribution in [1.82, 2.24) is 0 Å². The molecule has 1 heterocycles. The number of thiophene rings is 1. The average molecular weight is 332 g/mol. The Kier molecular flexibility index (Phi) is 3.10. The largest absolute Gasteiger partial charge is 0.143 e. The number of rotatable bonds is 1. The van der Waals surface area contributed by atoms with Crippen molar-refractivity contribution in [3.63, 3.8) is 0 Å². The summed E-state index contributed by atoms with van der Waals surface area (Å²) in [5.74, 6) is 0. The number of fused-ring (bicyclic) bond motifs is 1. The van der Waals surface area contributed by atoms with Gasteiger partial charge in [-0.15, -0.1) is 11.3 Å². The topological polar surface area (TPSA) is 0 Å². The van der Waals surface area contributed by atoms with Gasteiger partial charge in [0.2, 0.25) is 0 Å². The lowest BCUT2D eigenvalue weighted by Gasteiger charge is -1.95. The first-order chi connectivity index (χ1) is 6.68. The van der Waals surface area contributed by atoms with E-state index in [0.717, 1.165) is 3.39 Å². The summed E-state index contributed by atoms with van der Waals surface area (Å²) in [5, 5.41) is 3.51. The molecule has 0 saturated heterocycles. The second kappa shape index (κ2) is 4.17. The van der Waals surface area contributed by atoms with Crippen LogP contribution >= 0.6 is 43.2 Å². The van der Waals surface area contributed by atoms with Crippen molar-refractivity contribution in [3.8, 4) is 0 Å². The summed E-state index contributed by atoms with van der Waals surface area (Å²) in [7, 11) is 0. The number of benzene rings is 1. The van der Waals surface area contributed by atoms with E-state index in [1.165, 1.54) is 21.2 Å². The van der Waals surface area contributed by atoms with Crippen LogP contribution in [0.4, 0.5) is 0 Å². The van der Waals surface area contributed by atoms with Gasteiger partial charge in [-0.3, -0.25) is 0 Å². The lowest BCUT2D eigenvalue weighted by atomic mass is 10.1. The van der Waals surface area contributed by atoms with Crippen molar-refractivity contribution in [1.29, 1.82) is 0 Å². The van der Waals surface area contributed by atoms with Crippen molar-refractivity contribution in [2.75, 3.05) is 0 Å². The molecule has 0 atom stereocenters. The van der Waals surface area contributed by atoms with E-state index in [2.05, 4.69) is 68.4 Å². The van der Waals surface area contributed by atoms with Gasteiger partial charge in [0.05, 0.1) is 3.39 Å². The third kappa shape index (κ3) is 1.95. The van der Waals surface area contributed by atoms with E-state index < -0.39 is 0 Å². The summed E-state index contributed by atoms with van der Waals surface area (Å²) in [6.45, 7) is 2.15. The zero-order chi connectivity index (χ0) is 10.1. The van der Waals surface area contributed by atoms with E-state index >= 15 is 0 Å². The van der Waals surface area contributed by atoms with Gasteiger partial charge >= 0.3 is 0 Å². The Labute approximate surface area is 104 Å². The normalized spacial score (nSPS) is 10.5. The van der Waals surface area contributed by atoms with Crippen LogP contribution in [0, 0.1) is 6.92 Å². The van der Waals surface area contributed by atoms with Crippen molar-refractivity contribution in [3.05, 3.63) is 38.1 Å². The summed E-state index contributed by atoms with van der Waals surface area (Å²) >= 11 is 8.56. The van der Waals surface area contributed by atoms with Crippen LogP contribution in [0.3, 0.4) is 0 Å². The predicted octanol–water partition coefficient (Wildman–Crippen LogP) is 5.30. The molecular formula is C11H8Br2S. The molecule has 0 unspecified atom stereocenters. The summed E-state index contributed by atoms with van der Waals surface area (Å²) in [6.07, 6.45) is 2.08. The molecule has 72 valence electrons. The highest BCUT2D eigenvalue weighted by Crippen LogP contribution is 2.31. The molecule has 14 heavy (non-hydrogen) atoms. The maximum Gasteiger partial charge on any atom is 0.0610 e. The summed E-state index contributed by atoms with van der Waals surface area (Å²) < 4.78 is 2.35. The van der Waals surface area contributed by atoms with E-state index in [9.17, 15) is 0 Å². The molecule has 1 aromatic heterocycles. The molecule has 0 N–H and O–H groups in total. The number of aryl methyl sites for hydroxylation is 1. The molecule has 0 amide bonds. The second-order valence-electron chi connectivity index (χ2n) is 3.08. The summed E-state index contributed by atoms with van der Waals surface area (Å²) in [4.78, 5) is 0. The van der Waals surface area contributed by atoms with E-state index in [-0.39, 0.29) is 0 Å². The zero-order valence-corrected chi connectivity index (χ0v) is 11.5. The molecule has 0 aliphatic heterocycles. The van der Waals surface area contributed by atoms with E-state index in [1.807, 2.05) is 0 Å². The Morgan fingerprint density at radius 1 is 1.36 bits per heavy atom. The van der Waals surface area contributed by atoms with Crippen molar-refractivity contribution >= 4 is 59.4 Å². The highest BCUT2D eigenvalue weighted by molar-refractivity contribution is 9.28. The highest BCUT2D eigenvalue weighted by Gasteiger charge is 2.03. The Bertz CT molecular complexity index is 493. The molecule has 0 aliphatic rings. The third-order valence-corrected chi connectivity index (χ3v) is 3.70. The fraction of sp³-hybridized carbons (Fsp3) is 0.0909. The lowest BCUT2D eigenvalue weighted by molar-refractivity contribution is 1.56. The monoisotopic (exact) mass is 330 g/mol. The number of hydrogen-bond acceptors (Lipinski definition) is 1. The third-order valence-electron chi connectivity index (χ3n) is 2.09. The lowest BCUT2D eigenvalue weighted by Crippen LogP contribution is -1.72. The minimum absolute atomic E-state index is 0.978. The van der Waals surface area contributed by atoms with Gasteiger partial charge in [-0.1, -0.05) is 18.2 Å². The number of hydrogen-bond donors (Lipinski definition) is 0.